The summed E-state index contributed by atoms with van der Waals surface area (Å²) in [5.41, 5.74) is 5.61. The molecule has 0 fully saturated rings. The first-order chi connectivity index (χ1) is 9.00. The van der Waals surface area contributed by atoms with Gasteiger partial charge in [-0.05, 0) is 13.8 Å². The molecule has 1 unspecified atom stereocenters. The number of amides is 1. The van der Waals surface area contributed by atoms with Crippen LogP contribution < -0.4 is 15.8 Å². The Morgan fingerprint density at radius 3 is 2.60 bits per heavy atom. The van der Waals surface area contributed by atoms with Crippen LogP contribution in [0.2, 0.25) is 0 Å². The van der Waals surface area contributed by atoms with Crippen LogP contribution in [0.3, 0.4) is 0 Å². The van der Waals surface area contributed by atoms with Crippen LogP contribution in [-0.2, 0) is 21.9 Å². The molecule has 0 bridgehead atoms. The van der Waals surface area contributed by atoms with Gasteiger partial charge in [0.15, 0.2) is 0 Å². The summed E-state index contributed by atoms with van der Waals surface area (Å²) in [6, 6.07) is -0.835. The summed E-state index contributed by atoms with van der Waals surface area (Å²) in [5, 5.41) is 6.57. The highest BCUT2D eigenvalue weighted by molar-refractivity contribution is 7.88. The normalized spacial score (nSPS) is 14.1. The molecule has 4 N–H and O–H groups in total. The van der Waals surface area contributed by atoms with Gasteiger partial charge in [0.2, 0.25) is 15.9 Å². The zero-order valence-electron chi connectivity index (χ0n) is 12.0. The van der Waals surface area contributed by atoms with E-state index in [1.54, 1.807) is 31.8 Å². The smallest absolute Gasteiger partial charge is 0.241 e. The fraction of sp³-hybridized carbons (Fsp3) is 0.636. The highest BCUT2D eigenvalue weighted by Gasteiger charge is 2.25. The quantitative estimate of drug-likeness (QED) is 0.614. The van der Waals surface area contributed by atoms with Gasteiger partial charge in [-0.25, -0.2) is 13.1 Å². The zero-order valence-corrected chi connectivity index (χ0v) is 12.9. The van der Waals surface area contributed by atoms with E-state index in [-0.39, 0.29) is 12.5 Å². The average molecular weight is 303 g/mol. The average Bonchev–Trinajstić information content (AvgIpc) is 2.68. The largest absolute Gasteiger partial charge is 0.353 e. The third-order valence-corrected chi connectivity index (χ3v) is 3.46. The molecule has 0 saturated carbocycles. The van der Waals surface area contributed by atoms with E-state index in [0.717, 1.165) is 6.26 Å². The molecular weight excluding hydrogens is 282 g/mol. The summed E-state index contributed by atoms with van der Waals surface area (Å²) in [5.74, 6) is -0.388. The van der Waals surface area contributed by atoms with Crippen molar-refractivity contribution in [3.05, 3.63) is 18.0 Å². The summed E-state index contributed by atoms with van der Waals surface area (Å²) in [7, 11) is -1.62. The van der Waals surface area contributed by atoms with Gasteiger partial charge in [-0.15, -0.1) is 0 Å². The highest BCUT2D eigenvalue weighted by Crippen LogP contribution is 2.09. The monoisotopic (exact) mass is 303 g/mol. The van der Waals surface area contributed by atoms with Crippen molar-refractivity contribution in [1.82, 2.24) is 19.8 Å². The van der Waals surface area contributed by atoms with Gasteiger partial charge in [0, 0.05) is 30.9 Å². The van der Waals surface area contributed by atoms with E-state index in [1.807, 2.05) is 0 Å². The highest BCUT2D eigenvalue weighted by atomic mass is 32.2. The van der Waals surface area contributed by atoms with E-state index in [1.165, 1.54) is 6.20 Å². The van der Waals surface area contributed by atoms with E-state index in [0.29, 0.717) is 5.56 Å². The Morgan fingerprint density at radius 1 is 1.55 bits per heavy atom. The van der Waals surface area contributed by atoms with Crippen molar-refractivity contribution in [3.8, 4) is 0 Å². The standard InChI is InChI=1S/C11H21N5O3S/c1-11(2,15-20(4,18)19)7-13-10(17)9(12)8-5-14-16(3)6-8/h5-6,9,15H,7,12H2,1-4H3,(H,13,17). The van der Waals surface area contributed by atoms with Crippen LogP contribution >= 0.6 is 0 Å². The summed E-state index contributed by atoms with van der Waals surface area (Å²) < 4.78 is 26.4. The third kappa shape index (κ3) is 5.27. The van der Waals surface area contributed by atoms with Gasteiger partial charge in [-0.2, -0.15) is 5.10 Å². The lowest BCUT2D eigenvalue weighted by atomic mass is 10.1. The first kappa shape index (κ1) is 16.6. The van der Waals surface area contributed by atoms with E-state index >= 15 is 0 Å². The molecule has 1 aromatic heterocycles. The zero-order chi connectivity index (χ0) is 15.6. The third-order valence-electron chi connectivity index (χ3n) is 2.53. The van der Waals surface area contributed by atoms with Crippen molar-refractivity contribution in [2.75, 3.05) is 12.8 Å². The van der Waals surface area contributed by atoms with Gasteiger partial charge < -0.3 is 11.1 Å². The number of hydrogen-bond donors (Lipinski definition) is 3. The Balaban J connectivity index is 2.59. The molecule has 0 saturated heterocycles. The van der Waals surface area contributed by atoms with E-state index in [4.69, 9.17) is 5.73 Å². The number of rotatable bonds is 6. The maximum absolute atomic E-state index is 11.9. The second-order valence-electron chi connectivity index (χ2n) is 5.40. The molecule has 1 heterocycles. The minimum Gasteiger partial charge on any atom is -0.353 e. The van der Waals surface area contributed by atoms with Crippen molar-refractivity contribution in [2.24, 2.45) is 12.8 Å². The maximum atomic E-state index is 11.9. The van der Waals surface area contributed by atoms with Crippen molar-refractivity contribution in [3.63, 3.8) is 0 Å². The molecule has 0 aliphatic carbocycles. The van der Waals surface area contributed by atoms with Gasteiger partial charge in [0.25, 0.3) is 0 Å². The first-order valence-corrected chi connectivity index (χ1v) is 7.90. The fourth-order valence-electron chi connectivity index (χ4n) is 1.71. The summed E-state index contributed by atoms with van der Waals surface area (Å²) >= 11 is 0. The number of aromatic nitrogens is 2. The molecule has 0 aliphatic rings. The summed E-state index contributed by atoms with van der Waals surface area (Å²) in [6.07, 6.45) is 4.24. The summed E-state index contributed by atoms with van der Waals surface area (Å²) in [6.45, 7) is 3.47. The Hall–Kier alpha value is -1.45. The number of carbonyl (C=O) groups is 1. The van der Waals surface area contributed by atoms with Crippen LogP contribution in [0.15, 0.2) is 12.4 Å². The Labute approximate surface area is 118 Å². The predicted molar refractivity (Wildman–Crippen MR) is 75.2 cm³/mol. The molecule has 0 aliphatic heterocycles. The van der Waals surface area contributed by atoms with Crippen LogP contribution in [0.25, 0.3) is 0 Å². The van der Waals surface area contributed by atoms with Crippen LogP contribution in [0.4, 0.5) is 0 Å². The number of nitrogens with one attached hydrogen (secondary N) is 2. The Kier molecular flexibility index (Phi) is 4.90. The number of hydrogen-bond acceptors (Lipinski definition) is 5. The second-order valence-corrected chi connectivity index (χ2v) is 7.15. The Bertz CT molecular complexity index is 579. The van der Waals surface area contributed by atoms with E-state index in [2.05, 4.69) is 15.1 Å². The van der Waals surface area contributed by atoms with Crippen molar-refractivity contribution in [1.29, 1.82) is 0 Å². The van der Waals surface area contributed by atoms with Crippen LogP contribution in [-0.4, -0.2) is 42.4 Å². The Morgan fingerprint density at radius 2 is 2.15 bits per heavy atom. The first-order valence-electron chi connectivity index (χ1n) is 6.01. The molecule has 8 nitrogen and oxygen atoms in total. The molecule has 9 heteroatoms. The van der Waals surface area contributed by atoms with Crippen molar-refractivity contribution >= 4 is 15.9 Å². The van der Waals surface area contributed by atoms with E-state index in [9.17, 15) is 13.2 Å². The molecule has 20 heavy (non-hydrogen) atoms. The minimum absolute atomic E-state index is 0.132. The van der Waals surface area contributed by atoms with E-state index < -0.39 is 21.6 Å². The number of carbonyl (C=O) groups excluding carboxylic acids is 1. The van der Waals surface area contributed by atoms with Crippen LogP contribution in [0.1, 0.15) is 25.5 Å². The molecule has 0 aromatic carbocycles. The molecule has 1 rings (SSSR count). The number of nitrogens with zero attached hydrogens (tertiary/aromatic N) is 2. The number of nitrogens with two attached hydrogens (primary N) is 1. The van der Waals surface area contributed by atoms with Gasteiger partial charge in [-0.1, -0.05) is 0 Å². The van der Waals surface area contributed by atoms with Crippen LogP contribution in [0, 0.1) is 0 Å². The lowest BCUT2D eigenvalue weighted by Gasteiger charge is -2.25. The van der Waals surface area contributed by atoms with Gasteiger partial charge in [-0.3, -0.25) is 9.48 Å². The SMILES string of the molecule is Cn1cc(C(N)C(=O)NCC(C)(C)NS(C)(=O)=O)cn1. The molecule has 1 aromatic rings. The summed E-state index contributed by atoms with van der Waals surface area (Å²) in [4.78, 5) is 11.9. The van der Waals surface area contributed by atoms with Crippen molar-refractivity contribution < 1.29 is 13.2 Å². The fourth-order valence-corrected chi connectivity index (χ4v) is 2.78. The molecule has 0 spiro atoms. The van der Waals surface area contributed by atoms with Gasteiger partial charge >= 0.3 is 0 Å². The number of sulfonamides is 1. The van der Waals surface area contributed by atoms with Gasteiger partial charge in [0.05, 0.1) is 12.5 Å². The molecule has 1 atom stereocenters. The predicted octanol–water partition coefficient (Wildman–Crippen LogP) is -1.14. The molecule has 1 amide bonds. The molecule has 114 valence electrons. The molecular formula is C11H21N5O3S. The molecule has 0 radical (unpaired) electrons. The topological polar surface area (TPSA) is 119 Å². The van der Waals surface area contributed by atoms with Gasteiger partial charge in [0.1, 0.15) is 6.04 Å². The minimum atomic E-state index is -3.34. The second kappa shape index (κ2) is 5.90. The number of aryl methyl sites for hydroxylation is 1. The lowest BCUT2D eigenvalue weighted by Crippen LogP contribution is -2.52. The maximum Gasteiger partial charge on any atom is 0.241 e. The van der Waals surface area contributed by atoms with Crippen LogP contribution in [0.5, 0.6) is 0 Å². The lowest BCUT2D eigenvalue weighted by molar-refractivity contribution is -0.122. The van der Waals surface area contributed by atoms with Crippen molar-refractivity contribution in [2.45, 2.75) is 25.4 Å².